The molecule has 90 valence electrons. The fourth-order valence-corrected chi connectivity index (χ4v) is 2.82. The van der Waals surface area contributed by atoms with Gasteiger partial charge in [0.15, 0.2) is 0 Å². The maximum absolute atomic E-state index is 5.69. The second-order valence-corrected chi connectivity index (χ2v) is 5.01. The van der Waals surface area contributed by atoms with E-state index < -0.39 is 0 Å². The molecule has 0 radical (unpaired) electrons. The van der Waals surface area contributed by atoms with Crippen molar-refractivity contribution >= 4 is 0 Å². The first-order valence-corrected chi connectivity index (χ1v) is 6.34. The van der Waals surface area contributed by atoms with Gasteiger partial charge in [-0.3, -0.25) is 0 Å². The van der Waals surface area contributed by atoms with Crippen LogP contribution in [0.15, 0.2) is 0 Å². The van der Waals surface area contributed by atoms with Gasteiger partial charge in [0.25, 0.3) is 0 Å². The highest BCUT2D eigenvalue weighted by atomic mass is 15.3. The van der Waals surface area contributed by atoms with E-state index in [-0.39, 0.29) is 5.41 Å². The van der Waals surface area contributed by atoms with E-state index in [9.17, 15) is 0 Å². The number of hydrogen-bond acceptors (Lipinski definition) is 3. The fourth-order valence-electron chi connectivity index (χ4n) is 2.82. The Bertz CT molecular complexity index is 350. The molecule has 1 aliphatic carbocycles. The minimum Gasteiger partial charge on any atom is -0.324 e. The van der Waals surface area contributed by atoms with Crippen molar-refractivity contribution < 1.29 is 0 Å². The minimum absolute atomic E-state index is 0.217. The Kier molecular flexibility index (Phi) is 3.28. The zero-order chi connectivity index (χ0) is 11.6. The number of rotatable bonds is 3. The third-order valence-electron chi connectivity index (χ3n) is 3.82. The Morgan fingerprint density at radius 3 is 2.50 bits per heavy atom. The quantitative estimate of drug-likeness (QED) is 0.850. The van der Waals surface area contributed by atoms with Crippen LogP contribution < -0.4 is 5.73 Å². The van der Waals surface area contributed by atoms with Crippen LogP contribution in [0.5, 0.6) is 0 Å². The monoisotopic (exact) mass is 222 g/mol. The van der Waals surface area contributed by atoms with E-state index in [4.69, 9.17) is 5.73 Å². The van der Waals surface area contributed by atoms with Gasteiger partial charge in [-0.25, -0.2) is 0 Å². The van der Waals surface area contributed by atoms with E-state index in [2.05, 4.69) is 28.6 Å². The summed E-state index contributed by atoms with van der Waals surface area (Å²) in [6, 6.07) is 0. The van der Waals surface area contributed by atoms with E-state index in [1.807, 2.05) is 0 Å². The van der Waals surface area contributed by atoms with Crippen LogP contribution in [0.4, 0.5) is 0 Å². The van der Waals surface area contributed by atoms with Gasteiger partial charge >= 0.3 is 0 Å². The Balaban J connectivity index is 2.34. The van der Waals surface area contributed by atoms with Crippen LogP contribution >= 0.6 is 0 Å². The van der Waals surface area contributed by atoms with Crippen LogP contribution in [0, 0.1) is 0 Å². The van der Waals surface area contributed by atoms with Crippen LogP contribution in [0.2, 0.25) is 0 Å². The summed E-state index contributed by atoms with van der Waals surface area (Å²) < 4.78 is 2.20. The smallest absolute Gasteiger partial charge is 0.146 e. The summed E-state index contributed by atoms with van der Waals surface area (Å²) in [6.07, 6.45) is 6.45. The number of nitrogens with two attached hydrogens (primary N) is 1. The number of aromatic nitrogens is 3. The SMILES string of the molecule is CCn1c(CN)nnc1C1(C)CCCCC1. The van der Waals surface area contributed by atoms with Crippen LogP contribution in [0.3, 0.4) is 0 Å². The maximum Gasteiger partial charge on any atom is 0.146 e. The molecule has 1 aromatic heterocycles. The van der Waals surface area contributed by atoms with Crippen LogP contribution in [0.25, 0.3) is 0 Å². The summed E-state index contributed by atoms with van der Waals surface area (Å²) in [5, 5.41) is 8.60. The Labute approximate surface area is 97.2 Å². The standard InChI is InChI=1S/C12H22N4/c1-3-16-10(9-13)14-15-11(16)12(2)7-5-4-6-8-12/h3-9,13H2,1-2H3. The molecule has 0 amide bonds. The van der Waals surface area contributed by atoms with Crippen molar-refractivity contribution in [2.24, 2.45) is 5.73 Å². The van der Waals surface area contributed by atoms with E-state index in [0.717, 1.165) is 18.2 Å². The van der Waals surface area contributed by atoms with Gasteiger partial charge in [-0.15, -0.1) is 10.2 Å². The first-order valence-electron chi connectivity index (χ1n) is 6.34. The predicted molar refractivity (Wildman–Crippen MR) is 64.0 cm³/mol. The largest absolute Gasteiger partial charge is 0.324 e. The van der Waals surface area contributed by atoms with Gasteiger partial charge in [0.1, 0.15) is 11.6 Å². The highest BCUT2D eigenvalue weighted by molar-refractivity contribution is 5.10. The van der Waals surface area contributed by atoms with Gasteiger partial charge in [0.05, 0.1) is 6.54 Å². The molecule has 4 nitrogen and oxygen atoms in total. The highest BCUT2D eigenvalue weighted by Crippen LogP contribution is 2.38. The van der Waals surface area contributed by atoms with Crippen molar-refractivity contribution in [2.45, 2.75) is 64.5 Å². The van der Waals surface area contributed by atoms with Gasteiger partial charge in [-0.2, -0.15) is 0 Å². The Hall–Kier alpha value is -0.900. The molecule has 2 rings (SSSR count). The van der Waals surface area contributed by atoms with Crippen molar-refractivity contribution in [3.63, 3.8) is 0 Å². The second-order valence-electron chi connectivity index (χ2n) is 5.01. The molecule has 0 atom stereocenters. The molecule has 1 heterocycles. The minimum atomic E-state index is 0.217. The number of nitrogens with zero attached hydrogens (tertiary/aromatic N) is 3. The Morgan fingerprint density at radius 1 is 1.25 bits per heavy atom. The molecule has 0 aromatic carbocycles. The normalized spacial score (nSPS) is 19.9. The molecule has 0 spiro atoms. The van der Waals surface area contributed by atoms with E-state index in [1.54, 1.807) is 0 Å². The second kappa shape index (κ2) is 4.53. The molecule has 1 aromatic rings. The molecule has 1 aliphatic rings. The summed E-state index contributed by atoms with van der Waals surface area (Å²) in [5.41, 5.74) is 5.91. The van der Waals surface area contributed by atoms with Gasteiger partial charge in [0, 0.05) is 12.0 Å². The summed E-state index contributed by atoms with van der Waals surface area (Å²) in [5.74, 6) is 2.07. The van der Waals surface area contributed by atoms with Gasteiger partial charge in [0.2, 0.25) is 0 Å². The first kappa shape index (κ1) is 11.6. The summed E-state index contributed by atoms with van der Waals surface area (Å²) in [7, 11) is 0. The highest BCUT2D eigenvalue weighted by Gasteiger charge is 2.33. The average molecular weight is 222 g/mol. The topological polar surface area (TPSA) is 56.7 Å². The average Bonchev–Trinajstić information content (AvgIpc) is 2.73. The van der Waals surface area contributed by atoms with E-state index in [1.165, 1.54) is 32.1 Å². The summed E-state index contributed by atoms with van der Waals surface area (Å²) in [6.45, 7) is 5.86. The molecule has 4 heteroatoms. The van der Waals surface area contributed by atoms with Crippen LogP contribution in [0.1, 0.15) is 57.6 Å². The lowest BCUT2D eigenvalue weighted by molar-refractivity contribution is 0.293. The first-order chi connectivity index (χ1) is 7.71. The van der Waals surface area contributed by atoms with Crippen LogP contribution in [-0.4, -0.2) is 14.8 Å². The molecule has 0 saturated heterocycles. The van der Waals surface area contributed by atoms with Crippen molar-refractivity contribution in [1.29, 1.82) is 0 Å². The predicted octanol–water partition coefficient (Wildman–Crippen LogP) is 1.98. The maximum atomic E-state index is 5.69. The molecular formula is C12H22N4. The van der Waals surface area contributed by atoms with Crippen molar-refractivity contribution in [1.82, 2.24) is 14.8 Å². The van der Waals surface area contributed by atoms with Crippen molar-refractivity contribution in [3.05, 3.63) is 11.6 Å². The molecule has 1 saturated carbocycles. The van der Waals surface area contributed by atoms with E-state index >= 15 is 0 Å². The molecule has 0 aliphatic heterocycles. The lowest BCUT2D eigenvalue weighted by Gasteiger charge is -2.32. The van der Waals surface area contributed by atoms with Gasteiger partial charge < -0.3 is 10.3 Å². The number of hydrogen-bond donors (Lipinski definition) is 1. The molecule has 1 fully saturated rings. The molecule has 0 bridgehead atoms. The van der Waals surface area contributed by atoms with Crippen molar-refractivity contribution in [3.8, 4) is 0 Å². The lowest BCUT2D eigenvalue weighted by Crippen LogP contribution is -2.29. The Morgan fingerprint density at radius 2 is 1.94 bits per heavy atom. The van der Waals surface area contributed by atoms with Gasteiger partial charge in [-0.05, 0) is 19.8 Å². The molecule has 16 heavy (non-hydrogen) atoms. The molecule has 2 N–H and O–H groups in total. The molecule has 0 unspecified atom stereocenters. The van der Waals surface area contributed by atoms with Crippen LogP contribution in [-0.2, 0) is 18.5 Å². The van der Waals surface area contributed by atoms with E-state index in [0.29, 0.717) is 6.54 Å². The lowest BCUT2D eigenvalue weighted by atomic mass is 9.75. The van der Waals surface area contributed by atoms with Crippen molar-refractivity contribution in [2.75, 3.05) is 0 Å². The third-order valence-corrected chi connectivity index (χ3v) is 3.82. The zero-order valence-electron chi connectivity index (χ0n) is 10.4. The van der Waals surface area contributed by atoms with Gasteiger partial charge in [-0.1, -0.05) is 26.2 Å². The molecular weight excluding hydrogens is 200 g/mol. The third kappa shape index (κ3) is 1.86. The fraction of sp³-hybridized carbons (Fsp3) is 0.833. The zero-order valence-corrected chi connectivity index (χ0v) is 10.4. The summed E-state index contributed by atoms with van der Waals surface area (Å²) >= 11 is 0. The summed E-state index contributed by atoms with van der Waals surface area (Å²) in [4.78, 5) is 0.